The predicted molar refractivity (Wildman–Crippen MR) is 78.9 cm³/mol. The molecule has 2 N–H and O–H groups in total. The molecule has 1 aliphatic rings. The van der Waals surface area contributed by atoms with Crippen LogP contribution >= 0.6 is 12.4 Å². The third kappa shape index (κ3) is 6.05. The summed E-state index contributed by atoms with van der Waals surface area (Å²) in [5, 5.41) is 0. The van der Waals surface area contributed by atoms with Crippen molar-refractivity contribution >= 4 is 18.3 Å². The quantitative estimate of drug-likeness (QED) is 0.839. The highest BCUT2D eigenvalue weighted by Gasteiger charge is 2.26. The molecule has 1 aliphatic heterocycles. The van der Waals surface area contributed by atoms with Crippen LogP contribution in [0.3, 0.4) is 0 Å². The fraction of sp³-hybridized carbons (Fsp3) is 0.929. The molecule has 0 aromatic carbocycles. The van der Waals surface area contributed by atoms with Crippen molar-refractivity contribution in [1.82, 2.24) is 4.90 Å². The highest BCUT2D eigenvalue weighted by Crippen LogP contribution is 2.23. The van der Waals surface area contributed by atoms with E-state index in [9.17, 15) is 4.79 Å². The van der Waals surface area contributed by atoms with Gasteiger partial charge >= 0.3 is 0 Å². The normalized spacial score (nSPS) is 21.6. The molecule has 0 radical (unpaired) electrons. The number of carbonyl (C=O) groups excluding carboxylic acids is 1. The van der Waals surface area contributed by atoms with Gasteiger partial charge in [0.25, 0.3) is 0 Å². The molecule has 0 aliphatic carbocycles. The van der Waals surface area contributed by atoms with Crippen LogP contribution in [0.1, 0.15) is 59.3 Å². The number of rotatable bonds is 5. The minimum absolute atomic E-state index is 0. The Balaban J connectivity index is 0.00000289. The number of carbonyl (C=O) groups is 1. The average molecular weight is 277 g/mol. The van der Waals surface area contributed by atoms with Crippen LogP contribution in [0, 0.1) is 5.92 Å². The van der Waals surface area contributed by atoms with Gasteiger partial charge in [-0.15, -0.1) is 12.4 Å². The molecule has 1 amide bonds. The number of nitrogens with two attached hydrogens (primary N) is 1. The first-order chi connectivity index (χ1) is 8.00. The molecular formula is C14H29ClN2O. The molecule has 1 rings (SSSR count). The number of halogens is 1. The molecule has 0 spiro atoms. The topological polar surface area (TPSA) is 46.3 Å². The Morgan fingerprint density at radius 2 is 2.00 bits per heavy atom. The van der Waals surface area contributed by atoms with E-state index in [0.29, 0.717) is 24.3 Å². The highest BCUT2D eigenvalue weighted by atomic mass is 35.5. The van der Waals surface area contributed by atoms with Gasteiger partial charge in [-0.05, 0) is 44.9 Å². The van der Waals surface area contributed by atoms with Crippen molar-refractivity contribution in [3.8, 4) is 0 Å². The van der Waals surface area contributed by atoms with Gasteiger partial charge in [0.15, 0.2) is 0 Å². The van der Waals surface area contributed by atoms with Gasteiger partial charge in [-0.2, -0.15) is 0 Å². The zero-order valence-corrected chi connectivity index (χ0v) is 12.8. The van der Waals surface area contributed by atoms with Crippen molar-refractivity contribution in [2.45, 2.75) is 71.4 Å². The highest BCUT2D eigenvalue weighted by molar-refractivity contribution is 5.85. The second-order valence-corrected chi connectivity index (χ2v) is 5.88. The molecule has 0 saturated carbocycles. The second kappa shape index (κ2) is 8.76. The summed E-state index contributed by atoms with van der Waals surface area (Å²) in [5.74, 6) is 0.981. The van der Waals surface area contributed by atoms with Gasteiger partial charge in [0.2, 0.25) is 5.91 Å². The van der Waals surface area contributed by atoms with Crippen molar-refractivity contribution in [3.63, 3.8) is 0 Å². The lowest BCUT2D eigenvalue weighted by molar-refractivity contribution is -0.135. The van der Waals surface area contributed by atoms with Gasteiger partial charge < -0.3 is 10.6 Å². The molecule has 108 valence electrons. The van der Waals surface area contributed by atoms with E-state index < -0.39 is 0 Å². The lowest BCUT2D eigenvalue weighted by atomic mass is 9.93. The van der Waals surface area contributed by atoms with Gasteiger partial charge in [-0.3, -0.25) is 4.79 Å². The zero-order chi connectivity index (χ0) is 12.8. The molecule has 1 heterocycles. The summed E-state index contributed by atoms with van der Waals surface area (Å²) in [7, 11) is 0. The van der Waals surface area contributed by atoms with Crippen molar-refractivity contribution in [3.05, 3.63) is 0 Å². The summed E-state index contributed by atoms with van der Waals surface area (Å²) >= 11 is 0. The fourth-order valence-corrected chi connectivity index (χ4v) is 2.61. The Morgan fingerprint density at radius 3 is 2.56 bits per heavy atom. The van der Waals surface area contributed by atoms with Crippen molar-refractivity contribution in [2.24, 2.45) is 11.7 Å². The molecule has 2 unspecified atom stereocenters. The first-order valence-corrected chi connectivity index (χ1v) is 7.05. The number of hydrogen-bond acceptors (Lipinski definition) is 2. The Labute approximate surface area is 118 Å². The Bertz CT molecular complexity index is 244. The van der Waals surface area contributed by atoms with E-state index in [0.717, 1.165) is 19.4 Å². The third-order valence-corrected chi connectivity index (χ3v) is 3.50. The van der Waals surface area contributed by atoms with Crippen LogP contribution in [-0.2, 0) is 4.79 Å². The lowest BCUT2D eigenvalue weighted by Gasteiger charge is -2.37. The first-order valence-electron chi connectivity index (χ1n) is 7.05. The van der Waals surface area contributed by atoms with E-state index in [2.05, 4.69) is 18.7 Å². The predicted octanol–water partition coefficient (Wildman–Crippen LogP) is 2.96. The second-order valence-electron chi connectivity index (χ2n) is 5.88. The van der Waals surface area contributed by atoms with Gasteiger partial charge in [-0.25, -0.2) is 0 Å². The van der Waals surface area contributed by atoms with Crippen LogP contribution in [0.2, 0.25) is 0 Å². The molecule has 2 atom stereocenters. The third-order valence-electron chi connectivity index (χ3n) is 3.50. The number of piperidine rings is 1. The smallest absolute Gasteiger partial charge is 0.222 e. The minimum atomic E-state index is 0. The summed E-state index contributed by atoms with van der Waals surface area (Å²) < 4.78 is 0. The van der Waals surface area contributed by atoms with Crippen molar-refractivity contribution < 1.29 is 4.79 Å². The molecular weight excluding hydrogens is 248 g/mol. The van der Waals surface area contributed by atoms with Crippen LogP contribution in [0.25, 0.3) is 0 Å². The van der Waals surface area contributed by atoms with E-state index in [-0.39, 0.29) is 18.4 Å². The summed E-state index contributed by atoms with van der Waals surface area (Å²) in [6.07, 6.45) is 6.19. The van der Waals surface area contributed by atoms with Crippen LogP contribution in [0.5, 0.6) is 0 Å². The molecule has 0 aromatic rings. The number of nitrogens with zero attached hydrogens (tertiary/aromatic N) is 1. The maximum absolute atomic E-state index is 12.2. The van der Waals surface area contributed by atoms with E-state index in [1.807, 2.05) is 6.92 Å². The molecule has 0 bridgehead atoms. The number of amides is 1. The summed E-state index contributed by atoms with van der Waals surface area (Å²) in [4.78, 5) is 14.3. The Hall–Kier alpha value is -0.280. The van der Waals surface area contributed by atoms with E-state index >= 15 is 0 Å². The van der Waals surface area contributed by atoms with Gasteiger partial charge in [0.1, 0.15) is 0 Å². The Morgan fingerprint density at radius 1 is 1.33 bits per heavy atom. The molecule has 0 aromatic heterocycles. The van der Waals surface area contributed by atoms with Crippen molar-refractivity contribution in [2.75, 3.05) is 6.54 Å². The summed E-state index contributed by atoms with van der Waals surface area (Å²) in [6, 6.07) is 0.608. The van der Waals surface area contributed by atoms with E-state index in [1.165, 1.54) is 19.3 Å². The molecule has 18 heavy (non-hydrogen) atoms. The molecule has 1 saturated heterocycles. The zero-order valence-electron chi connectivity index (χ0n) is 12.0. The minimum Gasteiger partial charge on any atom is -0.340 e. The van der Waals surface area contributed by atoms with Gasteiger partial charge in [0.05, 0.1) is 0 Å². The standard InChI is InChI=1S/C14H28N2O.ClH/c1-11(2)10-13-6-4-5-9-16(13)14(17)8-7-12(3)15;/h11-13H,4-10,15H2,1-3H3;1H. The van der Waals surface area contributed by atoms with Gasteiger partial charge in [-0.1, -0.05) is 13.8 Å². The van der Waals surface area contributed by atoms with Crippen LogP contribution in [0.15, 0.2) is 0 Å². The van der Waals surface area contributed by atoms with Crippen molar-refractivity contribution in [1.29, 1.82) is 0 Å². The first kappa shape index (κ1) is 17.7. The summed E-state index contributed by atoms with van der Waals surface area (Å²) in [6.45, 7) is 7.39. The monoisotopic (exact) mass is 276 g/mol. The van der Waals surface area contributed by atoms with E-state index in [1.54, 1.807) is 0 Å². The average Bonchev–Trinajstić information content (AvgIpc) is 2.25. The lowest BCUT2D eigenvalue weighted by Crippen LogP contribution is -2.44. The summed E-state index contributed by atoms with van der Waals surface area (Å²) in [5.41, 5.74) is 5.71. The van der Waals surface area contributed by atoms with Crippen LogP contribution in [0.4, 0.5) is 0 Å². The Kier molecular flexibility index (Phi) is 8.62. The van der Waals surface area contributed by atoms with E-state index in [4.69, 9.17) is 5.73 Å². The fourth-order valence-electron chi connectivity index (χ4n) is 2.61. The SMILES string of the molecule is CC(C)CC1CCCCN1C(=O)CCC(C)N.Cl. The molecule has 3 nitrogen and oxygen atoms in total. The maximum atomic E-state index is 12.2. The molecule has 4 heteroatoms. The number of hydrogen-bond donors (Lipinski definition) is 1. The van der Waals surface area contributed by atoms with Crippen LogP contribution < -0.4 is 5.73 Å². The molecule has 1 fully saturated rings. The van der Waals surface area contributed by atoms with Gasteiger partial charge in [0, 0.05) is 25.0 Å². The van der Waals surface area contributed by atoms with Crippen LogP contribution in [-0.4, -0.2) is 29.4 Å². The number of likely N-dealkylation sites (tertiary alicyclic amines) is 1. The largest absolute Gasteiger partial charge is 0.340 e. The maximum Gasteiger partial charge on any atom is 0.222 e.